The first-order chi connectivity index (χ1) is 5.52. The molecule has 5 heteroatoms. The minimum atomic E-state index is -3.15. The quantitative estimate of drug-likeness (QED) is 0.659. The Morgan fingerprint density at radius 2 is 2.17 bits per heavy atom. The summed E-state index contributed by atoms with van der Waals surface area (Å²) in [5, 5.41) is 0. The van der Waals surface area contributed by atoms with Crippen molar-refractivity contribution in [3.63, 3.8) is 0 Å². The van der Waals surface area contributed by atoms with Crippen molar-refractivity contribution < 1.29 is 13.3 Å². The molecule has 72 valence electrons. The highest BCUT2D eigenvalue weighted by Gasteiger charge is 2.27. The van der Waals surface area contributed by atoms with E-state index < -0.39 is 10.0 Å². The van der Waals surface area contributed by atoms with Crippen molar-refractivity contribution in [2.75, 3.05) is 18.9 Å². The predicted molar refractivity (Wildman–Crippen MR) is 45.9 cm³/mol. The van der Waals surface area contributed by atoms with Crippen LogP contribution < -0.4 is 0 Å². The smallest absolute Gasteiger partial charge is 0.236 e. The fraction of sp³-hybridized carbons (Fsp3) is 1.00. The average Bonchev–Trinajstić information content (AvgIpc) is 2.32. The first kappa shape index (κ1) is 9.95. The van der Waals surface area contributed by atoms with E-state index in [1.807, 2.05) is 13.8 Å². The lowest BCUT2D eigenvalue weighted by atomic mass is 10.3. The van der Waals surface area contributed by atoms with Crippen molar-refractivity contribution in [1.82, 2.24) is 4.47 Å². The SMILES string of the molecule is CC(C)CS(=O)(=O)N1CCCO1. The maximum atomic E-state index is 11.4. The Bertz CT molecular complexity index is 229. The lowest BCUT2D eigenvalue weighted by Crippen LogP contribution is -2.30. The largest absolute Gasteiger partial charge is 0.284 e. The van der Waals surface area contributed by atoms with Crippen LogP contribution in [0.2, 0.25) is 0 Å². The number of nitrogens with zero attached hydrogens (tertiary/aromatic N) is 1. The molecule has 0 atom stereocenters. The zero-order valence-electron chi connectivity index (χ0n) is 7.49. The van der Waals surface area contributed by atoms with Gasteiger partial charge in [-0.25, -0.2) is 8.42 Å². The number of hydroxylamine groups is 1. The van der Waals surface area contributed by atoms with Crippen LogP contribution in [0, 0.1) is 5.92 Å². The van der Waals surface area contributed by atoms with Gasteiger partial charge in [0.25, 0.3) is 0 Å². The van der Waals surface area contributed by atoms with Crippen LogP contribution >= 0.6 is 0 Å². The number of rotatable bonds is 3. The Morgan fingerprint density at radius 1 is 1.50 bits per heavy atom. The second kappa shape index (κ2) is 3.72. The Labute approximate surface area is 73.5 Å². The monoisotopic (exact) mass is 193 g/mol. The lowest BCUT2D eigenvalue weighted by molar-refractivity contribution is -0.0286. The number of sulfonamides is 1. The molecule has 0 amide bonds. The molecule has 1 saturated heterocycles. The molecule has 0 bridgehead atoms. The van der Waals surface area contributed by atoms with Gasteiger partial charge >= 0.3 is 0 Å². The third kappa shape index (κ3) is 2.43. The van der Waals surface area contributed by atoms with Crippen LogP contribution in [-0.4, -0.2) is 31.8 Å². The molecule has 0 radical (unpaired) electrons. The average molecular weight is 193 g/mol. The molecule has 1 fully saturated rings. The second-order valence-corrected chi connectivity index (χ2v) is 5.29. The molecule has 0 saturated carbocycles. The van der Waals surface area contributed by atoms with Gasteiger partial charge in [-0.05, 0) is 12.3 Å². The van der Waals surface area contributed by atoms with E-state index in [0.717, 1.165) is 10.9 Å². The van der Waals surface area contributed by atoms with E-state index in [-0.39, 0.29) is 11.7 Å². The maximum absolute atomic E-state index is 11.4. The van der Waals surface area contributed by atoms with Crippen molar-refractivity contribution in [3.05, 3.63) is 0 Å². The highest BCUT2D eigenvalue weighted by Crippen LogP contribution is 2.13. The zero-order chi connectivity index (χ0) is 9.19. The van der Waals surface area contributed by atoms with Crippen molar-refractivity contribution in [2.24, 2.45) is 5.92 Å². The predicted octanol–water partition coefficient (Wildman–Crippen LogP) is 0.610. The molecule has 1 rings (SSSR count). The Kier molecular flexibility index (Phi) is 3.09. The molecular weight excluding hydrogens is 178 g/mol. The van der Waals surface area contributed by atoms with Gasteiger partial charge in [0.15, 0.2) is 0 Å². The molecule has 1 aliphatic rings. The van der Waals surface area contributed by atoms with E-state index in [9.17, 15) is 8.42 Å². The molecule has 1 aliphatic heterocycles. The molecule has 4 nitrogen and oxygen atoms in total. The minimum absolute atomic E-state index is 0.152. The van der Waals surface area contributed by atoms with Crippen LogP contribution in [-0.2, 0) is 14.9 Å². The van der Waals surface area contributed by atoms with Gasteiger partial charge in [0.05, 0.1) is 12.4 Å². The standard InChI is InChI=1S/C7H15NO3S/c1-7(2)6-12(9,10)8-4-3-5-11-8/h7H,3-6H2,1-2H3. The second-order valence-electron chi connectivity index (χ2n) is 3.39. The molecule has 0 aromatic rings. The summed E-state index contributed by atoms with van der Waals surface area (Å²) < 4.78 is 24.0. The molecule has 0 aliphatic carbocycles. The van der Waals surface area contributed by atoms with Crippen LogP contribution in [0.1, 0.15) is 20.3 Å². The van der Waals surface area contributed by atoms with Crippen molar-refractivity contribution in [2.45, 2.75) is 20.3 Å². The van der Waals surface area contributed by atoms with E-state index in [1.54, 1.807) is 0 Å². The third-order valence-electron chi connectivity index (χ3n) is 1.57. The fourth-order valence-electron chi connectivity index (χ4n) is 1.15. The van der Waals surface area contributed by atoms with E-state index in [0.29, 0.717) is 13.2 Å². The summed E-state index contributed by atoms with van der Waals surface area (Å²) in [5.74, 6) is 0.326. The van der Waals surface area contributed by atoms with Gasteiger partial charge in [-0.1, -0.05) is 18.3 Å². The van der Waals surface area contributed by atoms with Crippen molar-refractivity contribution >= 4 is 10.0 Å². The summed E-state index contributed by atoms with van der Waals surface area (Å²) in [6.45, 7) is 4.80. The summed E-state index contributed by atoms with van der Waals surface area (Å²) in [5.41, 5.74) is 0. The van der Waals surface area contributed by atoms with Gasteiger partial charge in [0.2, 0.25) is 10.0 Å². The maximum Gasteiger partial charge on any atom is 0.236 e. The Morgan fingerprint density at radius 3 is 2.58 bits per heavy atom. The van der Waals surface area contributed by atoms with Crippen LogP contribution in [0.15, 0.2) is 0 Å². The molecular formula is C7H15NO3S. The lowest BCUT2D eigenvalue weighted by Gasteiger charge is -2.15. The van der Waals surface area contributed by atoms with Gasteiger partial charge in [-0.3, -0.25) is 4.84 Å². The number of hydrogen-bond donors (Lipinski definition) is 0. The Hall–Kier alpha value is -0.130. The summed E-state index contributed by atoms with van der Waals surface area (Å²) in [4.78, 5) is 4.96. The van der Waals surface area contributed by atoms with E-state index in [1.165, 1.54) is 0 Å². The van der Waals surface area contributed by atoms with Gasteiger partial charge in [-0.15, -0.1) is 0 Å². The first-order valence-electron chi connectivity index (χ1n) is 4.16. The van der Waals surface area contributed by atoms with Crippen molar-refractivity contribution in [3.8, 4) is 0 Å². The summed E-state index contributed by atoms with van der Waals surface area (Å²) in [6, 6.07) is 0. The van der Waals surface area contributed by atoms with Gasteiger partial charge in [0.1, 0.15) is 0 Å². The molecule has 0 unspecified atom stereocenters. The molecule has 0 N–H and O–H groups in total. The zero-order valence-corrected chi connectivity index (χ0v) is 8.30. The Balaban J connectivity index is 2.58. The topological polar surface area (TPSA) is 46.6 Å². The summed E-state index contributed by atoms with van der Waals surface area (Å²) in [6.07, 6.45) is 0.803. The molecule has 12 heavy (non-hydrogen) atoms. The van der Waals surface area contributed by atoms with Crippen LogP contribution in [0.5, 0.6) is 0 Å². The molecule has 0 aromatic heterocycles. The highest BCUT2D eigenvalue weighted by molar-refractivity contribution is 7.88. The van der Waals surface area contributed by atoms with Crippen molar-refractivity contribution in [1.29, 1.82) is 0 Å². The molecule has 0 aromatic carbocycles. The van der Waals surface area contributed by atoms with Gasteiger partial charge in [-0.2, -0.15) is 0 Å². The van der Waals surface area contributed by atoms with Crippen LogP contribution in [0.25, 0.3) is 0 Å². The number of hydrogen-bond acceptors (Lipinski definition) is 3. The fourth-order valence-corrected chi connectivity index (χ4v) is 2.80. The van der Waals surface area contributed by atoms with E-state index >= 15 is 0 Å². The third-order valence-corrected chi connectivity index (χ3v) is 3.57. The molecule has 0 spiro atoms. The first-order valence-corrected chi connectivity index (χ1v) is 5.76. The van der Waals surface area contributed by atoms with E-state index in [2.05, 4.69) is 0 Å². The highest BCUT2D eigenvalue weighted by atomic mass is 32.2. The van der Waals surface area contributed by atoms with Gasteiger partial charge in [0, 0.05) is 6.54 Å². The summed E-state index contributed by atoms with van der Waals surface area (Å²) >= 11 is 0. The molecule has 1 heterocycles. The van der Waals surface area contributed by atoms with Gasteiger partial charge < -0.3 is 0 Å². The van der Waals surface area contributed by atoms with Crippen LogP contribution in [0.3, 0.4) is 0 Å². The normalized spacial score (nSPS) is 20.6. The summed E-state index contributed by atoms with van der Waals surface area (Å²) in [7, 11) is -3.15. The van der Waals surface area contributed by atoms with Crippen LogP contribution in [0.4, 0.5) is 0 Å². The van der Waals surface area contributed by atoms with E-state index in [4.69, 9.17) is 4.84 Å². The minimum Gasteiger partial charge on any atom is -0.284 e.